The summed E-state index contributed by atoms with van der Waals surface area (Å²) in [6.07, 6.45) is 5.80. The van der Waals surface area contributed by atoms with Crippen molar-refractivity contribution in [2.24, 2.45) is 0 Å². The van der Waals surface area contributed by atoms with E-state index in [0.717, 1.165) is 49.2 Å². The first-order valence-electron chi connectivity index (χ1n) is 10.1. The molecule has 0 amide bonds. The second-order valence-corrected chi connectivity index (χ2v) is 6.99. The van der Waals surface area contributed by atoms with Gasteiger partial charge in [-0.25, -0.2) is 9.97 Å². The number of hydrogen-bond donors (Lipinski definition) is 3. The van der Waals surface area contributed by atoms with Crippen molar-refractivity contribution in [2.75, 3.05) is 36.8 Å². The van der Waals surface area contributed by atoms with E-state index in [1.54, 1.807) is 12.4 Å². The quantitative estimate of drug-likeness (QED) is 0.453. The largest absolute Gasteiger partial charge is 0.384 e. The number of anilines is 3. The summed E-state index contributed by atoms with van der Waals surface area (Å²) in [5, 5.41) is 7.30. The monoisotopic (exact) mass is 395 g/mol. The summed E-state index contributed by atoms with van der Waals surface area (Å²) in [7, 11) is 0. The summed E-state index contributed by atoms with van der Waals surface area (Å²) >= 11 is 0. The number of aromatic amines is 1. The Bertz CT molecular complexity index is 980. The first kappa shape index (κ1) is 20.7. The smallest absolute Gasteiger partial charge is 0.249 e. The van der Waals surface area contributed by atoms with E-state index in [4.69, 9.17) is 0 Å². The van der Waals surface area contributed by atoms with E-state index < -0.39 is 0 Å². The molecule has 0 aliphatic heterocycles. The number of aryl methyl sites for hydroxylation is 1. The van der Waals surface area contributed by atoms with Gasteiger partial charge in [0.2, 0.25) is 11.5 Å². The predicted octanol–water partition coefficient (Wildman–Crippen LogP) is 3.30. The molecule has 3 rings (SSSR count). The van der Waals surface area contributed by atoms with Gasteiger partial charge in [-0.1, -0.05) is 13.8 Å². The van der Waals surface area contributed by atoms with Gasteiger partial charge in [0.1, 0.15) is 11.5 Å². The van der Waals surface area contributed by atoms with Gasteiger partial charge < -0.3 is 20.5 Å². The summed E-state index contributed by atoms with van der Waals surface area (Å²) < 4.78 is 0. The molecule has 0 aliphatic carbocycles. The van der Waals surface area contributed by atoms with Crippen molar-refractivity contribution in [1.82, 2.24) is 24.8 Å². The SMILES string of the molecule is CCN(CC)CCCCNc1ccc(Nc2ncc3c(C)cc(=O)[nH]c3n2)nc1. The Morgan fingerprint density at radius 2 is 1.93 bits per heavy atom. The molecule has 3 aromatic rings. The van der Waals surface area contributed by atoms with E-state index in [2.05, 4.69) is 49.3 Å². The van der Waals surface area contributed by atoms with Gasteiger partial charge >= 0.3 is 0 Å². The van der Waals surface area contributed by atoms with Crippen LogP contribution in [-0.4, -0.2) is 51.0 Å². The molecule has 0 radical (unpaired) electrons. The molecule has 0 fully saturated rings. The second-order valence-electron chi connectivity index (χ2n) is 6.99. The second kappa shape index (κ2) is 9.97. The van der Waals surface area contributed by atoms with Gasteiger partial charge in [0.25, 0.3) is 0 Å². The lowest BCUT2D eigenvalue weighted by Gasteiger charge is -2.17. The molecule has 8 heteroatoms. The summed E-state index contributed by atoms with van der Waals surface area (Å²) in [6.45, 7) is 10.6. The number of aromatic nitrogens is 4. The van der Waals surface area contributed by atoms with Crippen molar-refractivity contribution < 1.29 is 0 Å². The standard InChI is InChI=1S/C21H29N7O/c1-4-28(5-2)11-7-6-10-22-16-8-9-18(23-13-16)25-21-24-14-17-15(3)12-19(29)26-20(17)27-21/h8-9,12-14,22H,4-7,10-11H2,1-3H3,(H2,23,24,25,26,27,29). The molecule has 0 unspecified atom stereocenters. The minimum Gasteiger partial charge on any atom is -0.384 e. The Labute approximate surface area is 170 Å². The average molecular weight is 396 g/mol. The number of pyridine rings is 2. The van der Waals surface area contributed by atoms with Crippen LogP contribution in [0.25, 0.3) is 11.0 Å². The lowest BCUT2D eigenvalue weighted by molar-refractivity contribution is 0.298. The fourth-order valence-corrected chi connectivity index (χ4v) is 3.17. The Kier molecular flexibility index (Phi) is 7.13. The molecule has 29 heavy (non-hydrogen) atoms. The molecular weight excluding hydrogens is 366 g/mol. The Hall–Kier alpha value is -3.00. The third-order valence-corrected chi connectivity index (χ3v) is 4.93. The highest BCUT2D eigenvalue weighted by Gasteiger charge is 2.05. The maximum Gasteiger partial charge on any atom is 0.249 e. The van der Waals surface area contributed by atoms with E-state index in [1.807, 2.05) is 19.1 Å². The first-order valence-corrected chi connectivity index (χ1v) is 10.1. The van der Waals surface area contributed by atoms with Crippen molar-refractivity contribution in [3.05, 3.63) is 46.5 Å². The molecule has 3 aromatic heterocycles. The number of H-pyrrole nitrogens is 1. The van der Waals surface area contributed by atoms with E-state index in [1.165, 1.54) is 12.5 Å². The number of fused-ring (bicyclic) bond motifs is 1. The van der Waals surface area contributed by atoms with Gasteiger partial charge in [0, 0.05) is 24.2 Å². The van der Waals surface area contributed by atoms with Crippen molar-refractivity contribution in [3.63, 3.8) is 0 Å². The number of nitrogens with one attached hydrogen (secondary N) is 3. The van der Waals surface area contributed by atoms with Crippen LogP contribution in [0.15, 0.2) is 35.4 Å². The summed E-state index contributed by atoms with van der Waals surface area (Å²) in [5.74, 6) is 1.04. The third kappa shape index (κ3) is 5.74. The number of unbranched alkanes of at least 4 members (excludes halogenated alkanes) is 1. The third-order valence-electron chi connectivity index (χ3n) is 4.93. The fraction of sp³-hybridized carbons (Fsp3) is 0.429. The van der Waals surface area contributed by atoms with Crippen LogP contribution in [-0.2, 0) is 0 Å². The lowest BCUT2D eigenvalue weighted by Crippen LogP contribution is -2.24. The zero-order valence-corrected chi connectivity index (χ0v) is 17.3. The molecule has 8 nitrogen and oxygen atoms in total. The van der Waals surface area contributed by atoms with Crippen molar-refractivity contribution in [1.29, 1.82) is 0 Å². The van der Waals surface area contributed by atoms with Gasteiger partial charge in [-0.15, -0.1) is 0 Å². The van der Waals surface area contributed by atoms with Crippen LogP contribution in [0.3, 0.4) is 0 Å². The van der Waals surface area contributed by atoms with Gasteiger partial charge in [0.05, 0.1) is 11.9 Å². The highest BCUT2D eigenvalue weighted by molar-refractivity contribution is 5.78. The average Bonchev–Trinajstić information content (AvgIpc) is 2.71. The predicted molar refractivity (Wildman–Crippen MR) is 118 cm³/mol. The summed E-state index contributed by atoms with van der Waals surface area (Å²) in [6, 6.07) is 5.40. The molecule has 154 valence electrons. The number of hydrogen-bond acceptors (Lipinski definition) is 7. The molecule has 0 spiro atoms. The minimum atomic E-state index is -0.176. The Morgan fingerprint density at radius 3 is 2.66 bits per heavy atom. The molecule has 0 aliphatic rings. The van der Waals surface area contributed by atoms with E-state index >= 15 is 0 Å². The molecule has 0 saturated carbocycles. The fourth-order valence-electron chi connectivity index (χ4n) is 3.17. The maximum absolute atomic E-state index is 11.6. The van der Waals surface area contributed by atoms with Gasteiger partial charge in [0.15, 0.2) is 0 Å². The highest BCUT2D eigenvalue weighted by atomic mass is 16.1. The topological polar surface area (TPSA) is 98.8 Å². The molecule has 0 aromatic carbocycles. The van der Waals surface area contributed by atoms with Crippen LogP contribution in [0.1, 0.15) is 32.3 Å². The zero-order valence-electron chi connectivity index (χ0n) is 17.3. The van der Waals surface area contributed by atoms with Crippen molar-refractivity contribution in [2.45, 2.75) is 33.6 Å². The minimum absolute atomic E-state index is 0.176. The Balaban J connectivity index is 1.53. The number of nitrogens with zero attached hydrogens (tertiary/aromatic N) is 4. The van der Waals surface area contributed by atoms with Crippen LogP contribution >= 0.6 is 0 Å². The van der Waals surface area contributed by atoms with Gasteiger partial charge in [-0.05, 0) is 57.1 Å². The van der Waals surface area contributed by atoms with Crippen LogP contribution in [0, 0.1) is 6.92 Å². The van der Waals surface area contributed by atoms with Crippen molar-refractivity contribution in [3.8, 4) is 0 Å². The molecular formula is C21H29N7O. The maximum atomic E-state index is 11.6. The van der Waals surface area contributed by atoms with Crippen LogP contribution in [0.4, 0.5) is 17.5 Å². The van der Waals surface area contributed by atoms with E-state index in [-0.39, 0.29) is 5.56 Å². The van der Waals surface area contributed by atoms with Crippen LogP contribution in [0.5, 0.6) is 0 Å². The van der Waals surface area contributed by atoms with Crippen molar-refractivity contribution >= 4 is 28.5 Å². The molecule has 0 bridgehead atoms. The zero-order chi connectivity index (χ0) is 20.6. The molecule has 3 heterocycles. The van der Waals surface area contributed by atoms with Gasteiger partial charge in [-0.2, -0.15) is 4.98 Å². The van der Waals surface area contributed by atoms with Crippen LogP contribution in [0.2, 0.25) is 0 Å². The highest BCUT2D eigenvalue weighted by Crippen LogP contribution is 2.16. The summed E-state index contributed by atoms with van der Waals surface area (Å²) in [4.78, 5) is 29.9. The lowest BCUT2D eigenvalue weighted by atomic mass is 10.2. The number of rotatable bonds is 10. The van der Waals surface area contributed by atoms with E-state index in [0.29, 0.717) is 17.4 Å². The molecule has 0 saturated heterocycles. The first-order chi connectivity index (χ1) is 14.1. The molecule has 3 N–H and O–H groups in total. The summed E-state index contributed by atoms with van der Waals surface area (Å²) in [5.41, 5.74) is 2.17. The Morgan fingerprint density at radius 1 is 1.10 bits per heavy atom. The normalized spacial score (nSPS) is 11.2. The van der Waals surface area contributed by atoms with Gasteiger partial charge in [-0.3, -0.25) is 4.79 Å². The molecule has 0 atom stereocenters. The van der Waals surface area contributed by atoms with E-state index in [9.17, 15) is 4.79 Å². The van der Waals surface area contributed by atoms with Crippen LogP contribution < -0.4 is 16.2 Å².